The first-order valence-electron chi connectivity index (χ1n) is 6.58. The van der Waals surface area contributed by atoms with Gasteiger partial charge >= 0.3 is 0 Å². The van der Waals surface area contributed by atoms with Gasteiger partial charge in [0.05, 0.1) is 6.54 Å². The Labute approximate surface area is 121 Å². The number of nitrogens with two attached hydrogens (primary N) is 1. The van der Waals surface area contributed by atoms with Crippen molar-refractivity contribution in [2.75, 3.05) is 4.90 Å². The molecule has 1 aliphatic carbocycles. The van der Waals surface area contributed by atoms with Gasteiger partial charge in [0, 0.05) is 22.2 Å². The summed E-state index contributed by atoms with van der Waals surface area (Å²) in [4.78, 5) is 3.50. The van der Waals surface area contributed by atoms with Gasteiger partial charge in [-0.15, -0.1) is 11.3 Å². The van der Waals surface area contributed by atoms with E-state index in [2.05, 4.69) is 16.3 Å². The Balaban J connectivity index is 1.97. The molecule has 104 valence electrons. The molecule has 0 radical (unpaired) electrons. The fourth-order valence-electron chi connectivity index (χ4n) is 2.34. The molecule has 1 heterocycles. The Hall–Kier alpha value is -1.88. The average molecular weight is 289 g/mol. The number of hydrogen-bond donors (Lipinski definition) is 2. The first-order chi connectivity index (χ1) is 9.65. The largest absolute Gasteiger partial charge is 0.384 e. The van der Waals surface area contributed by atoms with Gasteiger partial charge in [-0.05, 0) is 42.5 Å². The number of amidine groups is 1. The average Bonchev–Trinajstić information content (AvgIpc) is 3.13. The number of rotatable bonds is 5. The summed E-state index contributed by atoms with van der Waals surface area (Å²) in [6.07, 6.45) is 2.28. The predicted molar refractivity (Wildman–Crippen MR) is 80.9 cm³/mol. The molecule has 0 bridgehead atoms. The topological polar surface area (TPSA) is 53.1 Å². The molecule has 0 amide bonds. The van der Waals surface area contributed by atoms with Crippen molar-refractivity contribution in [3.63, 3.8) is 0 Å². The van der Waals surface area contributed by atoms with Crippen molar-refractivity contribution in [3.05, 3.63) is 52.0 Å². The number of nitrogen functional groups attached to an aromatic ring is 1. The zero-order valence-corrected chi connectivity index (χ0v) is 11.8. The Morgan fingerprint density at radius 2 is 2.20 bits per heavy atom. The van der Waals surface area contributed by atoms with Crippen LogP contribution in [0.1, 0.15) is 23.3 Å². The molecule has 5 heteroatoms. The van der Waals surface area contributed by atoms with E-state index < -0.39 is 0 Å². The number of nitrogens with zero attached hydrogens (tertiary/aromatic N) is 1. The third-order valence-corrected chi connectivity index (χ3v) is 4.31. The van der Waals surface area contributed by atoms with Crippen molar-refractivity contribution < 1.29 is 4.39 Å². The van der Waals surface area contributed by atoms with Crippen LogP contribution in [0.4, 0.5) is 10.1 Å². The summed E-state index contributed by atoms with van der Waals surface area (Å²) >= 11 is 1.71. The van der Waals surface area contributed by atoms with Crippen molar-refractivity contribution in [1.82, 2.24) is 0 Å². The van der Waals surface area contributed by atoms with E-state index in [9.17, 15) is 4.39 Å². The van der Waals surface area contributed by atoms with E-state index in [1.54, 1.807) is 17.4 Å². The van der Waals surface area contributed by atoms with Crippen LogP contribution < -0.4 is 10.6 Å². The van der Waals surface area contributed by atoms with Gasteiger partial charge in [-0.1, -0.05) is 6.07 Å². The van der Waals surface area contributed by atoms with E-state index in [1.165, 1.54) is 17.0 Å². The Morgan fingerprint density at radius 3 is 2.80 bits per heavy atom. The summed E-state index contributed by atoms with van der Waals surface area (Å²) in [5.41, 5.74) is 6.94. The van der Waals surface area contributed by atoms with Crippen LogP contribution in [0, 0.1) is 11.2 Å². The van der Waals surface area contributed by atoms with Gasteiger partial charge in [0.15, 0.2) is 0 Å². The Kier molecular flexibility index (Phi) is 3.44. The van der Waals surface area contributed by atoms with Gasteiger partial charge in [-0.2, -0.15) is 0 Å². The van der Waals surface area contributed by atoms with Crippen LogP contribution in [-0.2, 0) is 6.54 Å². The van der Waals surface area contributed by atoms with E-state index in [4.69, 9.17) is 11.1 Å². The molecule has 1 saturated carbocycles. The van der Waals surface area contributed by atoms with Gasteiger partial charge in [0.2, 0.25) is 0 Å². The molecule has 0 saturated heterocycles. The smallest absolute Gasteiger partial charge is 0.125 e. The standard InChI is InChI=1S/C15H16FN3S/c16-10-3-6-14(13(8-10)15(17)18)19(11-4-5-11)9-12-2-1-7-20-12/h1-3,6-8,11H,4-5,9H2,(H3,17,18). The summed E-state index contributed by atoms with van der Waals surface area (Å²) in [6, 6.07) is 9.12. The summed E-state index contributed by atoms with van der Waals surface area (Å²) in [7, 11) is 0. The SMILES string of the molecule is N=C(N)c1cc(F)ccc1N(Cc1cccs1)C1CC1. The highest BCUT2D eigenvalue weighted by atomic mass is 32.1. The number of nitrogens with one attached hydrogen (secondary N) is 1. The van der Waals surface area contributed by atoms with E-state index in [0.29, 0.717) is 11.6 Å². The van der Waals surface area contributed by atoms with Gasteiger partial charge < -0.3 is 10.6 Å². The third kappa shape index (κ3) is 2.67. The lowest BCUT2D eigenvalue weighted by Gasteiger charge is -2.26. The summed E-state index contributed by atoms with van der Waals surface area (Å²) in [6.45, 7) is 0.786. The molecule has 1 aromatic heterocycles. The number of thiophene rings is 1. The van der Waals surface area contributed by atoms with E-state index in [1.807, 2.05) is 6.07 Å². The van der Waals surface area contributed by atoms with Crippen molar-refractivity contribution >= 4 is 22.9 Å². The fraction of sp³-hybridized carbons (Fsp3) is 0.267. The quantitative estimate of drug-likeness (QED) is 0.655. The number of benzene rings is 1. The van der Waals surface area contributed by atoms with Crippen molar-refractivity contribution in [2.24, 2.45) is 5.73 Å². The van der Waals surface area contributed by atoms with Crippen molar-refractivity contribution in [1.29, 1.82) is 5.41 Å². The molecule has 3 rings (SSSR count). The van der Waals surface area contributed by atoms with Crippen LogP contribution in [0.25, 0.3) is 0 Å². The van der Waals surface area contributed by atoms with Crippen LogP contribution in [0.15, 0.2) is 35.7 Å². The molecule has 0 unspecified atom stereocenters. The van der Waals surface area contributed by atoms with Crippen LogP contribution >= 0.6 is 11.3 Å². The molecule has 3 nitrogen and oxygen atoms in total. The number of hydrogen-bond acceptors (Lipinski definition) is 3. The summed E-state index contributed by atoms with van der Waals surface area (Å²) in [5, 5.41) is 9.72. The molecule has 1 fully saturated rings. The first kappa shape index (κ1) is 13.1. The monoisotopic (exact) mass is 289 g/mol. The second-order valence-corrected chi connectivity index (χ2v) is 6.05. The van der Waals surface area contributed by atoms with Gasteiger partial charge in [-0.3, -0.25) is 5.41 Å². The number of anilines is 1. The highest BCUT2D eigenvalue weighted by Crippen LogP contribution is 2.35. The van der Waals surface area contributed by atoms with Gasteiger partial charge in [0.1, 0.15) is 11.7 Å². The molecule has 3 N–H and O–H groups in total. The summed E-state index contributed by atoms with van der Waals surface area (Å²) < 4.78 is 13.4. The van der Waals surface area contributed by atoms with E-state index in [0.717, 1.165) is 25.1 Å². The minimum absolute atomic E-state index is 0.0867. The molecule has 0 atom stereocenters. The predicted octanol–water partition coefficient (Wildman–Crippen LogP) is 3.34. The maximum Gasteiger partial charge on any atom is 0.125 e. The van der Waals surface area contributed by atoms with Crippen molar-refractivity contribution in [3.8, 4) is 0 Å². The molecule has 1 aliphatic rings. The highest BCUT2D eigenvalue weighted by Gasteiger charge is 2.31. The normalized spacial score (nSPS) is 14.2. The Morgan fingerprint density at radius 1 is 1.40 bits per heavy atom. The van der Waals surface area contributed by atoms with Gasteiger partial charge in [0.25, 0.3) is 0 Å². The Bertz CT molecular complexity index is 620. The second kappa shape index (κ2) is 5.25. The van der Waals surface area contributed by atoms with Crippen molar-refractivity contribution in [2.45, 2.75) is 25.4 Å². The number of halogens is 1. The third-order valence-electron chi connectivity index (χ3n) is 3.45. The zero-order valence-electron chi connectivity index (χ0n) is 11.0. The van der Waals surface area contributed by atoms with E-state index in [-0.39, 0.29) is 11.7 Å². The molecule has 1 aromatic carbocycles. The van der Waals surface area contributed by atoms with Crippen LogP contribution in [0.3, 0.4) is 0 Å². The van der Waals surface area contributed by atoms with Crippen LogP contribution in [0.2, 0.25) is 0 Å². The first-order valence-corrected chi connectivity index (χ1v) is 7.46. The zero-order chi connectivity index (χ0) is 14.1. The summed E-state index contributed by atoms with van der Waals surface area (Å²) in [5.74, 6) is -0.442. The molecule has 0 aliphatic heterocycles. The second-order valence-electron chi connectivity index (χ2n) is 5.01. The van der Waals surface area contributed by atoms with E-state index >= 15 is 0 Å². The maximum absolute atomic E-state index is 13.4. The molecular formula is C15H16FN3S. The lowest BCUT2D eigenvalue weighted by atomic mass is 10.1. The molecular weight excluding hydrogens is 273 g/mol. The lowest BCUT2D eigenvalue weighted by Crippen LogP contribution is -2.28. The molecule has 20 heavy (non-hydrogen) atoms. The minimum atomic E-state index is -0.356. The molecule has 2 aromatic rings. The fourth-order valence-corrected chi connectivity index (χ4v) is 3.04. The van der Waals surface area contributed by atoms with Crippen LogP contribution in [-0.4, -0.2) is 11.9 Å². The minimum Gasteiger partial charge on any atom is -0.384 e. The lowest BCUT2D eigenvalue weighted by molar-refractivity contribution is 0.626. The highest BCUT2D eigenvalue weighted by molar-refractivity contribution is 7.09. The van der Waals surface area contributed by atoms with Gasteiger partial charge in [-0.25, -0.2) is 4.39 Å². The molecule has 0 spiro atoms. The van der Waals surface area contributed by atoms with Crippen LogP contribution in [0.5, 0.6) is 0 Å². The maximum atomic E-state index is 13.4.